The van der Waals surface area contributed by atoms with Crippen LogP contribution in [0.1, 0.15) is 35.7 Å². The summed E-state index contributed by atoms with van der Waals surface area (Å²) in [4.78, 5) is 13.8. The van der Waals surface area contributed by atoms with E-state index in [9.17, 15) is 4.79 Å². The van der Waals surface area contributed by atoms with Crippen LogP contribution in [0.4, 0.5) is 0 Å². The topological polar surface area (TPSA) is 55.6 Å². The van der Waals surface area contributed by atoms with Crippen molar-refractivity contribution in [3.63, 3.8) is 0 Å². The van der Waals surface area contributed by atoms with Gasteiger partial charge in [-0.3, -0.25) is 4.90 Å². The van der Waals surface area contributed by atoms with Gasteiger partial charge < -0.3 is 10.5 Å². The molecule has 0 radical (unpaired) electrons. The molecule has 0 aliphatic carbocycles. The second-order valence-electron chi connectivity index (χ2n) is 5.54. The molecule has 0 saturated carbocycles. The van der Waals surface area contributed by atoms with Gasteiger partial charge in [-0.2, -0.15) is 0 Å². The summed E-state index contributed by atoms with van der Waals surface area (Å²) in [6.07, 6.45) is 2.21. The van der Waals surface area contributed by atoms with Crippen LogP contribution in [0.5, 0.6) is 0 Å². The lowest BCUT2D eigenvalue weighted by atomic mass is 9.90. The van der Waals surface area contributed by atoms with Crippen molar-refractivity contribution in [2.75, 3.05) is 20.2 Å². The molecule has 20 heavy (non-hydrogen) atoms. The Kier molecular flexibility index (Phi) is 5.15. The fraction of sp³-hybridized carbons (Fsp3) is 0.562. The summed E-state index contributed by atoms with van der Waals surface area (Å²) in [5.41, 5.74) is 7.96. The van der Waals surface area contributed by atoms with E-state index < -0.39 is 0 Å². The number of rotatable bonds is 4. The number of benzene rings is 1. The van der Waals surface area contributed by atoms with E-state index in [1.54, 1.807) is 0 Å². The minimum atomic E-state index is -0.286. The molecule has 4 heteroatoms. The molecular weight excluding hydrogens is 252 g/mol. The van der Waals surface area contributed by atoms with E-state index in [2.05, 4.69) is 11.8 Å². The second kappa shape index (κ2) is 6.86. The largest absolute Gasteiger partial charge is 0.465 e. The first-order valence-electron chi connectivity index (χ1n) is 7.29. The van der Waals surface area contributed by atoms with Crippen molar-refractivity contribution >= 4 is 5.97 Å². The van der Waals surface area contributed by atoms with Crippen LogP contribution in [0, 0.1) is 5.92 Å². The molecule has 1 fully saturated rings. The summed E-state index contributed by atoms with van der Waals surface area (Å²) >= 11 is 0. The van der Waals surface area contributed by atoms with Crippen molar-refractivity contribution < 1.29 is 9.53 Å². The maximum absolute atomic E-state index is 11.4. The van der Waals surface area contributed by atoms with Gasteiger partial charge in [-0.25, -0.2) is 4.79 Å². The number of hydrogen-bond donors (Lipinski definition) is 1. The number of carbonyl (C=O) groups excluding carboxylic acids is 1. The third kappa shape index (κ3) is 3.58. The lowest BCUT2D eigenvalue weighted by Gasteiger charge is -2.36. The van der Waals surface area contributed by atoms with Crippen molar-refractivity contribution in [2.24, 2.45) is 11.7 Å². The summed E-state index contributed by atoms with van der Waals surface area (Å²) in [6, 6.07) is 8.00. The fourth-order valence-corrected chi connectivity index (χ4v) is 2.82. The van der Waals surface area contributed by atoms with Gasteiger partial charge in [0, 0.05) is 19.1 Å². The normalized spacial score (nSPS) is 23.6. The molecule has 0 spiro atoms. The van der Waals surface area contributed by atoms with Crippen LogP contribution in [-0.4, -0.2) is 37.1 Å². The van der Waals surface area contributed by atoms with Crippen molar-refractivity contribution in [3.8, 4) is 0 Å². The van der Waals surface area contributed by atoms with E-state index in [-0.39, 0.29) is 5.97 Å². The number of carbonyl (C=O) groups is 1. The molecule has 4 nitrogen and oxygen atoms in total. The molecular formula is C16H24N2O2. The highest BCUT2D eigenvalue weighted by Gasteiger charge is 2.25. The van der Waals surface area contributed by atoms with E-state index >= 15 is 0 Å². The van der Waals surface area contributed by atoms with E-state index in [1.165, 1.54) is 12.7 Å². The van der Waals surface area contributed by atoms with Gasteiger partial charge in [-0.1, -0.05) is 25.5 Å². The minimum Gasteiger partial charge on any atom is -0.465 e. The highest BCUT2D eigenvalue weighted by atomic mass is 16.5. The molecule has 2 atom stereocenters. The van der Waals surface area contributed by atoms with Crippen LogP contribution in [0.3, 0.4) is 0 Å². The van der Waals surface area contributed by atoms with Crippen LogP contribution < -0.4 is 5.73 Å². The Hall–Kier alpha value is -1.39. The number of esters is 1. The maximum Gasteiger partial charge on any atom is 0.337 e. The van der Waals surface area contributed by atoms with Gasteiger partial charge in [0.1, 0.15) is 0 Å². The van der Waals surface area contributed by atoms with Gasteiger partial charge in [-0.15, -0.1) is 0 Å². The average Bonchev–Trinajstić information content (AvgIpc) is 2.49. The van der Waals surface area contributed by atoms with Crippen molar-refractivity contribution in [1.82, 2.24) is 4.90 Å². The van der Waals surface area contributed by atoms with Crippen LogP contribution in [-0.2, 0) is 11.3 Å². The molecule has 0 aromatic heterocycles. The Labute approximate surface area is 120 Å². The first kappa shape index (κ1) is 15.0. The number of likely N-dealkylation sites (tertiary alicyclic amines) is 1. The van der Waals surface area contributed by atoms with Gasteiger partial charge in [0.05, 0.1) is 12.7 Å². The molecule has 1 aliphatic rings. The minimum absolute atomic E-state index is 0.286. The monoisotopic (exact) mass is 276 g/mol. The second-order valence-corrected chi connectivity index (χ2v) is 5.54. The number of nitrogens with zero attached hydrogens (tertiary/aromatic N) is 1. The number of methoxy groups -OCH3 is 1. The Bertz CT molecular complexity index is 444. The van der Waals surface area contributed by atoms with Gasteiger partial charge in [0.25, 0.3) is 0 Å². The highest BCUT2D eigenvalue weighted by Crippen LogP contribution is 2.20. The Balaban J connectivity index is 1.95. The van der Waals surface area contributed by atoms with E-state index in [0.29, 0.717) is 17.5 Å². The zero-order chi connectivity index (χ0) is 14.5. The van der Waals surface area contributed by atoms with Crippen LogP contribution in [0.25, 0.3) is 0 Å². The first-order chi connectivity index (χ1) is 9.63. The predicted octanol–water partition coefficient (Wildman–Crippen LogP) is 2.03. The van der Waals surface area contributed by atoms with E-state index in [1.807, 2.05) is 24.3 Å². The first-order valence-corrected chi connectivity index (χ1v) is 7.29. The van der Waals surface area contributed by atoms with Crippen molar-refractivity contribution in [2.45, 2.75) is 32.4 Å². The standard InChI is InChI=1S/C16H24N2O2/c1-3-13-11-18(9-8-15(13)17)10-12-4-6-14(7-5-12)16(19)20-2/h4-7,13,15H,3,8-11,17H2,1-2H3. The lowest BCUT2D eigenvalue weighted by molar-refractivity contribution is 0.0600. The van der Waals surface area contributed by atoms with Crippen molar-refractivity contribution in [3.05, 3.63) is 35.4 Å². The Morgan fingerprint density at radius 3 is 2.70 bits per heavy atom. The maximum atomic E-state index is 11.4. The molecule has 1 aliphatic heterocycles. The molecule has 2 rings (SSSR count). The molecule has 0 amide bonds. The third-order valence-electron chi connectivity index (χ3n) is 4.18. The predicted molar refractivity (Wildman–Crippen MR) is 79.4 cm³/mol. The van der Waals surface area contributed by atoms with Crippen LogP contribution in [0.15, 0.2) is 24.3 Å². The molecule has 2 unspecified atom stereocenters. The van der Waals surface area contributed by atoms with Gasteiger partial charge >= 0.3 is 5.97 Å². The molecule has 110 valence electrons. The van der Waals surface area contributed by atoms with E-state index in [0.717, 1.165) is 32.5 Å². The zero-order valence-electron chi connectivity index (χ0n) is 12.3. The van der Waals surface area contributed by atoms with Crippen LogP contribution in [0.2, 0.25) is 0 Å². The Morgan fingerprint density at radius 1 is 1.40 bits per heavy atom. The smallest absolute Gasteiger partial charge is 0.337 e. The number of nitrogens with two attached hydrogens (primary N) is 1. The molecule has 1 aromatic rings. The highest BCUT2D eigenvalue weighted by molar-refractivity contribution is 5.89. The summed E-state index contributed by atoms with van der Waals surface area (Å²) in [6.45, 7) is 5.25. The quantitative estimate of drug-likeness (QED) is 0.855. The summed E-state index contributed by atoms with van der Waals surface area (Å²) in [5, 5.41) is 0. The Morgan fingerprint density at radius 2 is 2.10 bits per heavy atom. The molecule has 1 saturated heterocycles. The molecule has 1 aromatic carbocycles. The average molecular weight is 276 g/mol. The fourth-order valence-electron chi connectivity index (χ4n) is 2.82. The molecule has 1 heterocycles. The lowest BCUT2D eigenvalue weighted by Crippen LogP contribution is -2.46. The van der Waals surface area contributed by atoms with Gasteiger partial charge in [0.15, 0.2) is 0 Å². The SMILES string of the molecule is CCC1CN(Cc2ccc(C(=O)OC)cc2)CCC1N. The number of hydrogen-bond acceptors (Lipinski definition) is 4. The van der Waals surface area contributed by atoms with Gasteiger partial charge in [-0.05, 0) is 36.6 Å². The number of ether oxygens (including phenoxy) is 1. The summed E-state index contributed by atoms with van der Waals surface area (Å²) < 4.78 is 4.70. The summed E-state index contributed by atoms with van der Waals surface area (Å²) in [5.74, 6) is 0.310. The third-order valence-corrected chi connectivity index (χ3v) is 4.18. The van der Waals surface area contributed by atoms with Crippen LogP contribution >= 0.6 is 0 Å². The number of piperidine rings is 1. The zero-order valence-corrected chi connectivity index (χ0v) is 12.3. The van der Waals surface area contributed by atoms with Gasteiger partial charge in [0.2, 0.25) is 0 Å². The molecule has 2 N–H and O–H groups in total. The molecule has 0 bridgehead atoms. The van der Waals surface area contributed by atoms with Crippen molar-refractivity contribution in [1.29, 1.82) is 0 Å². The van der Waals surface area contributed by atoms with E-state index in [4.69, 9.17) is 10.5 Å². The summed E-state index contributed by atoms with van der Waals surface area (Å²) in [7, 11) is 1.40.